The molecule has 0 unspecified atom stereocenters. The maximum atomic E-state index is 12.7. The van der Waals surface area contributed by atoms with Gasteiger partial charge in [0.15, 0.2) is 0 Å². The maximum Gasteiger partial charge on any atom is 0.256 e. The molecule has 1 fully saturated rings. The second-order valence-corrected chi connectivity index (χ2v) is 5.58. The number of hydrogen-bond donors (Lipinski definition) is 0. The smallest absolute Gasteiger partial charge is 0.256 e. The van der Waals surface area contributed by atoms with Crippen molar-refractivity contribution >= 4 is 5.91 Å². The Labute approximate surface area is 130 Å². The summed E-state index contributed by atoms with van der Waals surface area (Å²) in [6.45, 7) is 3.68. The number of benzene rings is 1. The summed E-state index contributed by atoms with van der Waals surface area (Å²) in [6.07, 6.45) is 3.90. The van der Waals surface area contributed by atoms with Gasteiger partial charge in [0.2, 0.25) is 0 Å². The van der Waals surface area contributed by atoms with Crippen LogP contribution in [0.4, 0.5) is 0 Å². The van der Waals surface area contributed by atoms with Gasteiger partial charge in [-0.05, 0) is 55.7 Å². The van der Waals surface area contributed by atoms with Crippen molar-refractivity contribution in [2.24, 2.45) is 0 Å². The maximum absolute atomic E-state index is 12.7. The van der Waals surface area contributed by atoms with E-state index in [1.165, 1.54) is 0 Å². The van der Waals surface area contributed by atoms with E-state index in [2.05, 4.69) is 4.98 Å². The van der Waals surface area contributed by atoms with Gasteiger partial charge in [0.25, 0.3) is 5.91 Å². The van der Waals surface area contributed by atoms with Crippen LogP contribution in [-0.4, -0.2) is 36.0 Å². The number of likely N-dealkylation sites (tertiary alicyclic amines) is 1. The van der Waals surface area contributed by atoms with Crippen LogP contribution in [0.15, 0.2) is 36.5 Å². The van der Waals surface area contributed by atoms with Crippen LogP contribution in [0.2, 0.25) is 0 Å². The molecule has 0 atom stereocenters. The van der Waals surface area contributed by atoms with Gasteiger partial charge >= 0.3 is 0 Å². The molecule has 3 rings (SSSR count). The lowest BCUT2D eigenvalue weighted by atomic mass is 10.0. The molecule has 1 amide bonds. The molecule has 0 bridgehead atoms. The van der Waals surface area contributed by atoms with Gasteiger partial charge in [-0.1, -0.05) is 0 Å². The molecule has 0 N–H and O–H groups in total. The molecule has 4 nitrogen and oxygen atoms in total. The summed E-state index contributed by atoms with van der Waals surface area (Å²) in [5.41, 5.74) is 3.39. The molecule has 1 aliphatic rings. The second-order valence-electron chi connectivity index (χ2n) is 5.58. The Morgan fingerprint density at radius 1 is 1.23 bits per heavy atom. The second kappa shape index (κ2) is 6.18. The van der Waals surface area contributed by atoms with E-state index < -0.39 is 0 Å². The van der Waals surface area contributed by atoms with Gasteiger partial charge in [-0.3, -0.25) is 9.78 Å². The molecule has 0 radical (unpaired) electrons. The zero-order valence-electron chi connectivity index (χ0n) is 13.0. The fourth-order valence-electron chi connectivity index (χ4n) is 2.92. The Hall–Kier alpha value is -2.36. The molecule has 0 saturated carbocycles. The first-order chi connectivity index (χ1) is 10.7. The van der Waals surface area contributed by atoms with Crippen LogP contribution in [0, 0.1) is 6.92 Å². The summed E-state index contributed by atoms with van der Waals surface area (Å²) in [4.78, 5) is 19.1. The minimum Gasteiger partial charge on any atom is -0.496 e. The third-order valence-corrected chi connectivity index (χ3v) is 4.10. The highest BCUT2D eigenvalue weighted by atomic mass is 16.5. The van der Waals surface area contributed by atoms with E-state index in [1.807, 2.05) is 42.2 Å². The van der Waals surface area contributed by atoms with Crippen molar-refractivity contribution in [1.82, 2.24) is 9.88 Å². The lowest BCUT2D eigenvalue weighted by molar-refractivity contribution is 0.0793. The highest BCUT2D eigenvalue weighted by Crippen LogP contribution is 2.28. The minimum absolute atomic E-state index is 0.0778. The highest BCUT2D eigenvalue weighted by Gasteiger charge is 2.22. The first-order valence-electron chi connectivity index (χ1n) is 7.60. The molecule has 22 heavy (non-hydrogen) atoms. The van der Waals surface area contributed by atoms with Crippen molar-refractivity contribution in [3.8, 4) is 17.0 Å². The number of methoxy groups -OCH3 is 1. The average Bonchev–Trinajstić information content (AvgIpc) is 3.08. The molecule has 1 saturated heterocycles. The van der Waals surface area contributed by atoms with Gasteiger partial charge in [0, 0.05) is 24.8 Å². The van der Waals surface area contributed by atoms with Crippen LogP contribution in [-0.2, 0) is 0 Å². The summed E-state index contributed by atoms with van der Waals surface area (Å²) >= 11 is 0. The van der Waals surface area contributed by atoms with Crippen molar-refractivity contribution in [3.63, 3.8) is 0 Å². The fourth-order valence-corrected chi connectivity index (χ4v) is 2.92. The van der Waals surface area contributed by atoms with E-state index in [0.29, 0.717) is 5.56 Å². The first kappa shape index (κ1) is 14.6. The van der Waals surface area contributed by atoms with Crippen molar-refractivity contribution in [3.05, 3.63) is 47.7 Å². The number of amides is 1. The average molecular weight is 296 g/mol. The topological polar surface area (TPSA) is 42.4 Å². The van der Waals surface area contributed by atoms with E-state index in [9.17, 15) is 4.79 Å². The number of aromatic nitrogens is 1. The zero-order chi connectivity index (χ0) is 15.5. The Morgan fingerprint density at radius 3 is 2.68 bits per heavy atom. The number of carbonyl (C=O) groups is 1. The first-order valence-corrected chi connectivity index (χ1v) is 7.60. The molecule has 1 aromatic carbocycles. The van der Waals surface area contributed by atoms with Gasteiger partial charge in [-0.25, -0.2) is 0 Å². The summed E-state index contributed by atoms with van der Waals surface area (Å²) < 4.78 is 5.30. The van der Waals surface area contributed by atoms with Gasteiger partial charge in [-0.2, -0.15) is 0 Å². The summed E-state index contributed by atoms with van der Waals surface area (Å²) in [6, 6.07) is 9.58. The number of aryl methyl sites for hydroxylation is 1. The van der Waals surface area contributed by atoms with E-state index >= 15 is 0 Å². The van der Waals surface area contributed by atoms with E-state index in [1.54, 1.807) is 13.3 Å². The van der Waals surface area contributed by atoms with Crippen LogP contribution < -0.4 is 4.74 Å². The summed E-state index contributed by atoms with van der Waals surface area (Å²) in [5.74, 6) is 0.918. The molecule has 0 spiro atoms. The molecular formula is C18H20N2O2. The number of hydrogen-bond acceptors (Lipinski definition) is 3. The van der Waals surface area contributed by atoms with Crippen LogP contribution in [0.1, 0.15) is 28.8 Å². The van der Waals surface area contributed by atoms with Gasteiger partial charge < -0.3 is 9.64 Å². The number of carbonyl (C=O) groups excluding carboxylic acids is 1. The van der Waals surface area contributed by atoms with Gasteiger partial charge in [-0.15, -0.1) is 0 Å². The number of pyridine rings is 1. The van der Waals surface area contributed by atoms with Gasteiger partial charge in [0.1, 0.15) is 5.75 Å². The van der Waals surface area contributed by atoms with Crippen molar-refractivity contribution in [2.45, 2.75) is 19.8 Å². The molecule has 4 heteroatoms. The Balaban J connectivity index is 2.00. The SMILES string of the molecule is COc1ccc(-c2ncccc2C(=O)N2CCCC2)cc1C. The Bertz CT molecular complexity index is 691. The standard InChI is InChI=1S/C18H20N2O2/c1-13-12-14(7-8-16(13)22-2)17-15(6-5-9-19-17)18(21)20-10-3-4-11-20/h5-9,12H,3-4,10-11H2,1-2H3. The van der Waals surface area contributed by atoms with Crippen LogP contribution in [0.5, 0.6) is 5.75 Å². The third kappa shape index (κ3) is 2.69. The van der Waals surface area contributed by atoms with E-state index in [4.69, 9.17) is 4.74 Å². The molecule has 114 valence electrons. The van der Waals surface area contributed by atoms with Gasteiger partial charge in [0.05, 0.1) is 18.4 Å². The largest absolute Gasteiger partial charge is 0.496 e. The lowest BCUT2D eigenvalue weighted by Gasteiger charge is -2.17. The monoisotopic (exact) mass is 296 g/mol. The van der Waals surface area contributed by atoms with Crippen molar-refractivity contribution in [2.75, 3.05) is 20.2 Å². The molecule has 2 heterocycles. The Morgan fingerprint density at radius 2 is 2.00 bits per heavy atom. The third-order valence-electron chi connectivity index (χ3n) is 4.10. The molecule has 1 aliphatic heterocycles. The number of ether oxygens (including phenoxy) is 1. The quantitative estimate of drug-likeness (QED) is 0.872. The van der Waals surface area contributed by atoms with Crippen LogP contribution in [0.3, 0.4) is 0 Å². The zero-order valence-corrected chi connectivity index (χ0v) is 13.0. The highest BCUT2D eigenvalue weighted by molar-refractivity contribution is 6.00. The van der Waals surface area contributed by atoms with E-state index in [-0.39, 0.29) is 5.91 Å². The van der Waals surface area contributed by atoms with Crippen LogP contribution >= 0.6 is 0 Å². The van der Waals surface area contributed by atoms with Crippen molar-refractivity contribution < 1.29 is 9.53 Å². The number of nitrogens with zero attached hydrogens (tertiary/aromatic N) is 2. The number of rotatable bonds is 3. The molecule has 2 aromatic rings. The van der Waals surface area contributed by atoms with Crippen LogP contribution in [0.25, 0.3) is 11.3 Å². The Kier molecular flexibility index (Phi) is 4.09. The normalized spacial score (nSPS) is 14.2. The minimum atomic E-state index is 0.0778. The predicted molar refractivity (Wildman–Crippen MR) is 86.1 cm³/mol. The predicted octanol–water partition coefficient (Wildman–Crippen LogP) is 3.30. The molecule has 1 aromatic heterocycles. The summed E-state index contributed by atoms with van der Waals surface area (Å²) in [5, 5.41) is 0. The molecular weight excluding hydrogens is 276 g/mol. The van der Waals surface area contributed by atoms with Crippen molar-refractivity contribution in [1.29, 1.82) is 0 Å². The summed E-state index contributed by atoms with van der Waals surface area (Å²) in [7, 11) is 1.66. The molecule has 0 aliphatic carbocycles. The fraction of sp³-hybridized carbons (Fsp3) is 0.333. The van der Waals surface area contributed by atoms with E-state index in [0.717, 1.165) is 48.5 Å². The lowest BCUT2D eigenvalue weighted by Crippen LogP contribution is -2.28.